The molecule has 4 rings (SSSR count). The van der Waals surface area contributed by atoms with Gasteiger partial charge >= 0.3 is 12.1 Å². The average molecular weight is 519 g/mol. The van der Waals surface area contributed by atoms with Crippen LogP contribution < -0.4 is 5.32 Å². The minimum Gasteiger partial charge on any atom is -0.478 e. The Morgan fingerprint density at radius 3 is 2.33 bits per heavy atom. The second-order valence-electron chi connectivity index (χ2n) is 8.12. The number of sulfonamides is 1. The Bertz CT molecular complexity index is 1550. The van der Waals surface area contributed by atoms with Gasteiger partial charge in [0.1, 0.15) is 0 Å². The van der Waals surface area contributed by atoms with E-state index in [0.29, 0.717) is 11.2 Å². The lowest BCUT2D eigenvalue weighted by Gasteiger charge is -2.16. The van der Waals surface area contributed by atoms with Crippen molar-refractivity contribution in [2.24, 2.45) is 0 Å². The number of anilines is 2. The molecular formula is C24H21F3N4O4S. The number of hydrogen-bond acceptors (Lipinski definition) is 5. The van der Waals surface area contributed by atoms with Crippen molar-refractivity contribution in [2.45, 2.75) is 17.6 Å². The molecule has 0 radical (unpaired) electrons. The van der Waals surface area contributed by atoms with Crippen molar-refractivity contribution in [1.29, 1.82) is 0 Å². The summed E-state index contributed by atoms with van der Waals surface area (Å²) in [6.45, 7) is -0.200. The molecule has 0 spiro atoms. The summed E-state index contributed by atoms with van der Waals surface area (Å²) in [6, 6.07) is 15.1. The largest absolute Gasteiger partial charge is 0.478 e. The van der Waals surface area contributed by atoms with Gasteiger partial charge in [-0.2, -0.15) is 13.2 Å². The fourth-order valence-corrected chi connectivity index (χ4v) is 4.58. The molecule has 0 atom stereocenters. The number of aromatic carboxylic acids is 1. The predicted octanol–water partition coefficient (Wildman–Crippen LogP) is 4.80. The Hall–Kier alpha value is -3.90. The average Bonchev–Trinajstić information content (AvgIpc) is 3.15. The van der Waals surface area contributed by atoms with E-state index in [-0.39, 0.29) is 34.0 Å². The summed E-state index contributed by atoms with van der Waals surface area (Å²) < 4.78 is 68.1. The molecule has 0 aliphatic carbocycles. The molecule has 4 aromatic rings. The molecule has 12 heteroatoms. The number of halogens is 3. The zero-order valence-corrected chi connectivity index (χ0v) is 19.9. The van der Waals surface area contributed by atoms with Crippen LogP contribution in [0.15, 0.2) is 71.6 Å². The van der Waals surface area contributed by atoms with Crippen molar-refractivity contribution in [2.75, 3.05) is 19.4 Å². The van der Waals surface area contributed by atoms with Gasteiger partial charge in [0.05, 0.1) is 33.6 Å². The molecule has 0 aliphatic heterocycles. The highest BCUT2D eigenvalue weighted by Gasteiger charge is 2.33. The zero-order valence-electron chi connectivity index (χ0n) is 19.1. The minimum absolute atomic E-state index is 0.00193. The Balaban J connectivity index is 1.79. The first-order valence-electron chi connectivity index (χ1n) is 10.6. The summed E-state index contributed by atoms with van der Waals surface area (Å²) in [4.78, 5) is 15.9. The number of benzene rings is 3. The molecule has 1 aromatic heterocycles. The third kappa shape index (κ3) is 4.90. The molecular weight excluding hydrogens is 497 g/mol. The molecule has 1 heterocycles. The molecule has 0 bridgehead atoms. The fraction of sp³-hybridized carbons (Fsp3) is 0.167. The SMILES string of the molecule is CN(C)S(=O)(=O)c1ccc(Nc2nc3cc(C(=O)O)ccc3n2Cc2ccccc2C(F)(F)F)cc1. The van der Waals surface area contributed by atoms with E-state index in [4.69, 9.17) is 0 Å². The van der Waals surface area contributed by atoms with Crippen molar-refractivity contribution in [1.82, 2.24) is 13.9 Å². The van der Waals surface area contributed by atoms with Gasteiger partial charge in [0.25, 0.3) is 0 Å². The maximum atomic E-state index is 13.6. The van der Waals surface area contributed by atoms with E-state index in [1.54, 1.807) is 0 Å². The number of carboxylic acids is 1. The Kier molecular flexibility index (Phi) is 6.50. The van der Waals surface area contributed by atoms with Gasteiger partial charge in [-0.3, -0.25) is 0 Å². The van der Waals surface area contributed by atoms with Crippen molar-refractivity contribution in [3.8, 4) is 0 Å². The number of hydrogen-bond donors (Lipinski definition) is 2. The lowest BCUT2D eigenvalue weighted by Crippen LogP contribution is -2.22. The topological polar surface area (TPSA) is 105 Å². The predicted molar refractivity (Wildman–Crippen MR) is 128 cm³/mol. The van der Waals surface area contributed by atoms with E-state index in [2.05, 4.69) is 10.3 Å². The number of carbonyl (C=O) groups is 1. The van der Waals surface area contributed by atoms with E-state index in [0.717, 1.165) is 10.4 Å². The fourth-order valence-electron chi connectivity index (χ4n) is 3.67. The van der Waals surface area contributed by atoms with E-state index in [9.17, 15) is 31.5 Å². The molecule has 3 aromatic carbocycles. The standard InChI is InChI=1S/C24H21F3N4O4S/c1-30(2)36(34,35)18-10-8-17(9-11-18)28-23-29-20-13-15(22(32)33)7-12-21(20)31(23)14-16-5-3-4-6-19(16)24(25,26)27/h3-13H,14H2,1-2H3,(H,28,29)(H,32,33). The van der Waals surface area contributed by atoms with Gasteiger partial charge in [0.2, 0.25) is 16.0 Å². The summed E-state index contributed by atoms with van der Waals surface area (Å²) in [5.41, 5.74) is 0.319. The van der Waals surface area contributed by atoms with E-state index < -0.39 is 27.7 Å². The number of aromatic nitrogens is 2. The highest BCUT2D eigenvalue weighted by Crippen LogP contribution is 2.34. The van der Waals surface area contributed by atoms with Crippen LogP contribution in [0, 0.1) is 0 Å². The second kappa shape index (κ2) is 9.28. The van der Waals surface area contributed by atoms with Crippen LogP contribution >= 0.6 is 0 Å². The summed E-state index contributed by atoms with van der Waals surface area (Å²) >= 11 is 0. The first kappa shape index (κ1) is 25.2. The van der Waals surface area contributed by atoms with Crippen molar-refractivity contribution < 1.29 is 31.5 Å². The molecule has 0 amide bonds. The third-order valence-corrected chi connectivity index (χ3v) is 7.36. The summed E-state index contributed by atoms with van der Waals surface area (Å²) in [5.74, 6) is -1.01. The Morgan fingerprint density at radius 1 is 1.06 bits per heavy atom. The highest BCUT2D eigenvalue weighted by atomic mass is 32.2. The molecule has 8 nitrogen and oxygen atoms in total. The molecule has 36 heavy (non-hydrogen) atoms. The van der Waals surface area contributed by atoms with E-state index in [1.165, 1.54) is 79.3 Å². The summed E-state index contributed by atoms with van der Waals surface area (Å²) in [5, 5.41) is 12.3. The van der Waals surface area contributed by atoms with Gasteiger partial charge in [-0.15, -0.1) is 0 Å². The van der Waals surface area contributed by atoms with Gasteiger partial charge in [0, 0.05) is 19.8 Å². The van der Waals surface area contributed by atoms with E-state index in [1.807, 2.05) is 0 Å². The van der Waals surface area contributed by atoms with E-state index >= 15 is 0 Å². The van der Waals surface area contributed by atoms with Gasteiger partial charge in [-0.1, -0.05) is 18.2 Å². The second-order valence-corrected chi connectivity index (χ2v) is 10.3. The third-order valence-electron chi connectivity index (χ3n) is 5.54. The number of nitrogens with zero attached hydrogens (tertiary/aromatic N) is 3. The smallest absolute Gasteiger partial charge is 0.416 e. The molecule has 0 aliphatic rings. The number of imidazole rings is 1. The first-order valence-corrected chi connectivity index (χ1v) is 12.0. The molecule has 0 saturated carbocycles. The zero-order chi connectivity index (χ0) is 26.3. The van der Waals surface area contributed by atoms with Crippen molar-refractivity contribution >= 4 is 38.7 Å². The first-order chi connectivity index (χ1) is 16.9. The number of fused-ring (bicyclic) bond motifs is 1. The highest BCUT2D eigenvalue weighted by molar-refractivity contribution is 7.89. The number of alkyl halides is 3. The lowest BCUT2D eigenvalue weighted by molar-refractivity contribution is -0.138. The molecule has 188 valence electrons. The maximum Gasteiger partial charge on any atom is 0.416 e. The Morgan fingerprint density at radius 2 is 1.72 bits per heavy atom. The van der Waals surface area contributed by atoms with Crippen LogP contribution in [0.4, 0.5) is 24.8 Å². The van der Waals surface area contributed by atoms with Gasteiger partial charge in [-0.05, 0) is 54.1 Å². The van der Waals surface area contributed by atoms with Crippen LogP contribution in [0.2, 0.25) is 0 Å². The minimum atomic E-state index is -4.56. The number of rotatable bonds is 7. The van der Waals surface area contributed by atoms with Gasteiger partial charge < -0.3 is 15.0 Å². The van der Waals surface area contributed by atoms with Crippen molar-refractivity contribution in [3.63, 3.8) is 0 Å². The Labute approximate surface area is 204 Å². The van der Waals surface area contributed by atoms with Crippen LogP contribution in [0.1, 0.15) is 21.5 Å². The van der Waals surface area contributed by atoms with Crippen LogP contribution in [-0.4, -0.2) is 47.4 Å². The summed E-state index contributed by atoms with van der Waals surface area (Å²) in [7, 11) is -0.824. The molecule has 2 N–H and O–H groups in total. The van der Waals surface area contributed by atoms with Crippen LogP contribution in [-0.2, 0) is 22.7 Å². The van der Waals surface area contributed by atoms with Crippen molar-refractivity contribution in [3.05, 3.63) is 83.4 Å². The molecule has 0 unspecified atom stereocenters. The van der Waals surface area contributed by atoms with Gasteiger partial charge in [0.15, 0.2) is 0 Å². The number of nitrogens with one attached hydrogen (secondary N) is 1. The molecule has 0 fully saturated rings. The quantitative estimate of drug-likeness (QED) is 0.364. The monoisotopic (exact) mass is 518 g/mol. The lowest BCUT2D eigenvalue weighted by atomic mass is 10.1. The molecule has 0 saturated heterocycles. The van der Waals surface area contributed by atoms with Crippen LogP contribution in [0.3, 0.4) is 0 Å². The maximum absolute atomic E-state index is 13.6. The normalized spacial score (nSPS) is 12.3. The summed E-state index contributed by atoms with van der Waals surface area (Å²) in [6.07, 6.45) is -4.56. The van der Waals surface area contributed by atoms with Crippen LogP contribution in [0.25, 0.3) is 11.0 Å². The van der Waals surface area contributed by atoms with Gasteiger partial charge in [-0.25, -0.2) is 22.5 Å². The number of carboxylic acid groups (broad SMARTS) is 1. The van der Waals surface area contributed by atoms with Crippen LogP contribution in [0.5, 0.6) is 0 Å².